The summed E-state index contributed by atoms with van der Waals surface area (Å²) in [6.07, 6.45) is 0. The summed E-state index contributed by atoms with van der Waals surface area (Å²) in [6, 6.07) is 13.9. The fourth-order valence-corrected chi connectivity index (χ4v) is 2.91. The molecule has 1 aliphatic heterocycles. The molecule has 1 aliphatic rings. The molecule has 0 aliphatic carbocycles. The number of nitrogens with zero attached hydrogens (tertiary/aromatic N) is 3. The third-order valence-electron chi connectivity index (χ3n) is 4.10. The van der Waals surface area contributed by atoms with E-state index in [1.807, 2.05) is 36.4 Å². The van der Waals surface area contributed by atoms with Gasteiger partial charge in [-0.3, -0.25) is 9.69 Å². The van der Waals surface area contributed by atoms with E-state index in [1.165, 1.54) is 11.0 Å². The van der Waals surface area contributed by atoms with Gasteiger partial charge in [-0.2, -0.15) is 5.26 Å². The highest BCUT2D eigenvalue weighted by Crippen LogP contribution is 2.34. The number of hydrogen-bond donors (Lipinski definition) is 0. The molecule has 0 spiro atoms. The van der Waals surface area contributed by atoms with Crippen molar-refractivity contribution in [1.82, 2.24) is 4.90 Å². The number of anilines is 1. The van der Waals surface area contributed by atoms with Crippen molar-refractivity contribution in [3.05, 3.63) is 76.5 Å². The van der Waals surface area contributed by atoms with Crippen molar-refractivity contribution in [3.63, 3.8) is 0 Å². The highest BCUT2D eigenvalue weighted by atomic mass is 35.5. The molecule has 5 nitrogen and oxygen atoms in total. The van der Waals surface area contributed by atoms with Gasteiger partial charge in [0.2, 0.25) is 0 Å². The van der Waals surface area contributed by atoms with Gasteiger partial charge in [0.05, 0.1) is 22.8 Å². The molecule has 6 heteroatoms. The quantitative estimate of drug-likeness (QED) is 0.620. The van der Waals surface area contributed by atoms with Gasteiger partial charge in [-0.25, -0.2) is 9.69 Å². The fraction of sp³-hybridized carbons (Fsp3) is 0.105. The average Bonchev–Trinajstić information content (AvgIpc) is 2.82. The van der Waals surface area contributed by atoms with Gasteiger partial charge in [0.15, 0.2) is 0 Å². The largest absolute Gasteiger partial charge is 0.336 e. The maximum atomic E-state index is 12.8. The molecule has 2 aromatic rings. The Balaban J connectivity index is 1.98. The van der Waals surface area contributed by atoms with Crippen LogP contribution in [0, 0.1) is 18.3 Å². The summed E-state index contributed by atoms with van der Waals surface area (Å²) in [4.78, 5) is 27.8. The van der Waals surface area contributed by atoms with E-state index in [1.54, 1.807) is 13.0 Å². The molecular weight excluding hydrogens is 338 g/mol. The second kappa shape index (κ2) is 6.42. The van der Waals surface area contributed by atoms with Crippen LogP contribution < -0.4 is 4.90 Å². The van der Waals surface area contributed by atoms with Crippen LogP contribution in [-0.2, 0) is 11.3 Å². The highest BCUT2D eigenvalue weighted by molar-refractivity contribution is 6.34. The van der Waals surface area contributed by atoms with Crippen molar-refractivity contribution in [1.29, 1.82) is 5.26 Å². The standard InChI is InChI=1S/C19H14ClN3O2/c1-12-16(9-8-15(10-21)17(12)20)23-18(24)13(2)22(19(23)25)11-14-6-4-3-5-7-14/h3-9H,2,11H2,1H3. The first-order valence-corrected chi connectivity index (χ1v) is 7.91. The molecule has 3 amide bonds. The molecule has 0 N–H and O–H groups in total. The molecule has 3 rings (SSSR count). The van der Waals surface area contributed by atoms with Crippen LogP contribution in [-0.4, -0.2) is 16.8 Å². The van der Waals surface area contributed by atoms with Crippen LogP contribution >= 0.6 is 11.6 Å². The Bertz CT molecular complexity index is 932. The van der Waals surface area contributed by atoms with Crippen molar-refractivity contribution in [3.8, 4) is 6.07 Å². The Morgan fingerprint density at radius 1 is 1.16 bits per heavy atom. The first kappa shape index (κ1) is 16.7. The Morgan fingerprint density at radius 2 is 1.84 bits per heavy atom. The second-order valence-electron chi connectivity index (χ2n) is 5.62. The minimum absolute atomic E-state index is 0.105. The van der Waals surface area contributed by atoms with Crippen molar-refractivity contribution in [2.75, 3.05) is 4.90 Å². The van der Waals surface area contributed by atoms with Crippen LogP contribution in [0.1, 0.15) is 16.7 Å². The van der Waals surface area contributed by atoms with Gasteiger partial charge < -0.3 is 0 Å². The number of urea groups is 1. The summed E-state index contributed by atoms with van der Waals surface area (Å²) < 4.78 is 0. The van der Waals surface area contributed by atoms with Crippen LogP contribution in [0.15, 0.2) is 54.7 Å². The van der Waals surface area contributed by atoms with Gasteiger partial charge in [0, 0.05) is 0 Å². The molecule has 124 valence electrons. The SMILES string of the molecule is C=C1C(=O)N(c2ccc(C#N)c(Cl)c2C)C(=O)N1Cc1ccccc1. The number of hydrogen-bond acceptors (Lipinski definition) is 3. The van der Waals surface area contributed by atoms with Gasteiger partial charge in [0.1, 0.15) is 11.8 Å². The molecule has 2 aromatic carbocycles. The predicted molar refractivity (Wildman–Crippen MR) is 94.9 cm³/mol. The van der Waals surface area contributed by atoms with Crippen molar-refractivity contribution in [2.45, 2.75) is 13.5 Å². The maximum Gasteiger partial charge on any atom is 0.336 e. The Kier molecular flexibility index (Phi) is 4.30. The summed E-state index contributed by atoms with van der Waals surface area (Å²) in [7, 11) is 0. The lowest BCUT2D eigenvalue weighted by molar-refractivity contribution is -0.114. The first-order chi connectivity index (χ1) is 12.0. The third-order valence-corrected chi connectivity index (χ3v) is 4.59. The molecule has 1 fully saturated rings. The average molecular weight is 352 g/mol. The van der Waals surface area contributed by atoms with Gasteiger partial charge in [-0.05, 0) is 30.2 Å². The van der Waals surface area contributed by atoms with Gasteiger partial charge in [-0.1, -0.05) is 48.5 Å². The van der Waals surface area contributed by atoms with Crippen LogP contribution in [0.25, 0.3) is 0 Å². The first-order valence-electron chi connectivity index (χ1n) is 7.53. The molecule has 0 bridgehead atoms. The predicted octanol–water partition coefficient (Wildman–Crippen LogP) is 4.00. The minimum Gasteiger partial charge on any atom is -0.284 e. The highest BCUT2D eigenvalue weighted by Gasteiger charge is 2.41. The summed E-state index contributed by atoms with van der Waals surface area (Å²) >= 11 is 6.17. The monoisotopic (exact) mass is 351 g/mol. The zero-order valence-corrected chi connectivity index (χ0v) is 14.2. The van der Waals surface area contributed by atoms with E-state index in [0.717, 1.165) is 10.5 Å². The van der Waals surface area contributed by atoms with E-state index in [-0.39, 0.29) is 17.3 Å². The Morgan fingerprint density at radius 3 is 2.48 bits per heavy atom. The molecule has 1 saturated heterocycles. The van der Waals surface area contributed by atoms with Gasteiger partial charge >= 0.3 is 6.03 Å². The number of carbonyl (C=O) groups excluding carboxylic acids is 2. The van der Waals surface area contributed by atoms with E-state index in [4.69, 9.17) is 16.9 Å². The van der Waals surface area contributed by atoms with Crippen LogP contribution in [0.5, 0.6) is 0 Å². The topological polar surface area (TPSA) is 64.4 Å². The number of imide groups is 1. The summed E-state index contributed by atoms with van der Waals surface area (Å²) in [5, 5.41) is 9.28. The van der Waals surface area contributed by atoms with Crippen LogP contribution in [0.4, 0.5) is 10.5 Å². The zero-order valence-electron chi connectivity index (χ0n) is 13.5. The number of nitriles is 1. The molecule has 1 heterocycles. The van der Waals surface area contributed by atoms with Gasteiger partial charge in [0.25, 0.3) is 5.91 Å². The Hall–Kier alpha value is -3.10. The number of rotatable bonds is 3. The zero-order chi connectivity index (χ0) is 18.1. The third kappa shape index (κ3) is 2.77. The number of carbonyl (C=O) groups is 2. The Labute approximate surface area is 150 Å². The molecule has 0 aromatic heterocycles. The maximum absolute atomic E-state index is 12.8. The van der Waals surface area contributed by atoms with Crippen molar-refractivity contribution in [2.24, 2.45) is 0 Å². The lowest BCUT2D eigenvalue weighted by atomic mass is 10.1. The minimum atomic E-state index is -0.496. The summed E-state index contributed by atoms with van der Waals surface area (Å²) in [5.41, 5.74) is 2.14. The van der Waals surface area contributed by atoms with Gasteiger partial charge in [-0.15, -0.1) is 0 Å². The number of benzene rings is 2. The molecule has 25 heavy (non-hydrogen) atoms. The van der Waals surface area contributed by atoms with Crippen LogP contribution in [0.2, 0.25) is 5.02 Å². The number of halogens is 1. The molecule has 0 unspecified atom stereocenters. The van der Waals surface area contributed by atoms with E-state index in [9.17, 15) is 9.59 Å². The summed E-state index contributed by atoms with van der Waals surface area (Å²) in [6.45, 7) is 5.68. The lowest BCUT2D eigenvalue weighted by Gasteiger charge is -2.19. The lowest BCUT2D eigenvalue weighted by Crippen LogP contribution is -2.33. The molecule has 0 saturated carbocycles. The second-order valence-corrected chi connectivity index (χ2v) is 6.00. The molecule has 0 atom stereocenters. The molecular formula is C19H14ClN3O2. The number of amides is 3. The fourth-order valence-electron chi connectivity index (χ4n) is 2.71. The van der Waals surface area contributed by atoms with E-state index >= 15 is 0 Å². The summed E-state index contributed by atoms with van der Waals surface area (Å²) in [5.74, 6) is -0.496. The van der Waals surface area contributed by atoms with E-state index in [0.29, 0.717) is 16.8 Å². The van der Waals surface area contributed by atoms with Crippen molar-refractivity contribution >= 4 is 29.2 Å². The van der Waals surface area contributed by atoms with Crippen LogP contribution in [0.3, 0.4) is 0 Å². The molecule has 0 radical (unpaired) electrons. The van der Waals surface area contributed by atoms with Crippen molar-refractivity contribution < 1.29 is 9.59 Å². The van der Waals surface area contributed by atoms with E-state index in [2.05, 4.69) is 6.58 Å². The normalized spacial score (nSPS) is 14.2. The smallest absolute Gasteiger partial charge is 0.284 e. The van der Waals surface area contributed by atoms with E-state index < -0.39 is 11.9 Å².